The van der Waals surface area contributed by atoms with E-state index in [0.717, 1.165) is 75.4 Å². The Morgan fingerprint density at radius 1 is 0.912 bits per heavy atom. The van der Waals surface area contributed by atoms with E-state index in [9.17, 15) is 0 Å². The fraction of sp³-hybridized carbons (Fsp3) is 0.640. The highest BCUT2D eigenvalue weighted by atomic mass is 16.5. The molecule has 34 heavy (non-hydrogen) atoms. The van der Waals surface area contributed by atoms with E-state index >= 15 is 0 Å². The van der Waals surface area contributed by atoms with Crippen LogP contribution in [-0.4, -0.2) is 56.1 Å². The zero-order chi connectivity index (χ0) is 24.7. The van der Waals surface area contributed by atoms with Crippen molar-refractivity contribution < 1.29 is 4.74 Å². The molecule has 0 radical (unpaired) electrons. The largest absolute Gasteiger partial charge is 0.494 e. The number of ether oxygens (including phenoxy) is 1. The minimum absolute atomic E-state index is 0.0406. The summed E-state index contributed by atoms with van der Waals surface area (Å²) in [6.07, 6.45) is 8.75. The van der Waals surface area contributed by atoms with Gasteiger partial charge in [0.05, 0.1) is 12.1 Å². The highest BCUT2D eigenvalue weighted by molar-refractivity contribution is 6.00. The number of guanidine groups is 2. The Labute approximate surface area is 204 Å². The van der Waals surface area contributed by atoms with Gasteiger partial charge < -0.3 is 31.7 Å². The van der Waals surface area contributed by atoms with Gasteiger partial charge in [-0.2, -0.15) is 0 Å². The Hall–Kier alpha value is -2.97. The van der Waals surface area contributed by atoms with E-state index < -0.39 is 0 Å². The topological polar surface area (TPSA) is 143 Å². The SMILES string of the molecule is CC1(C)CNC(c2ccc(OCCCCNC(=N)NCCCCCCCCNC(=N)N)cc2)=N1. The van der Waals surface area contributed by atoms with E-state index in [1.165, 1.54) is 19.3 Å². The third-order valence-corrected chi connectivity index (χ3v) is 5.59. The summed E-state index contributed by atoms with van der Waals surface area (Å²) in [5, 5.41) is 27.5. The van der Waals surface area contributed by atoms with Crippen molar-refractivity contribution in [1.82, 2.24) is 21.3 Å². The van der Waals surface area contributed by atoms with E-state index in [0.29, 0.717) is 12.6 Å². The number of hydrogen-bond donors (Lipinski definition) is 7. The number of nitrogens with zero attached hydrogens (tertiary/aromatic N) is 1. The number of hydrogen-bond acceptors (Lipinski definition) is 5. The molecule has 8 N–H and O–H groups in total. The van der Waals surface area contributed by atoms with Gasteiger partial charge in [0.2, 0.25) is 0 Å². The van der Waals surface area contributed by atoms with E-state index in [1.54, 1.807) is 0 Å². The molecule has 1 aliphatic rings. The van der Waals surface area contributed by atoms with Gasteiger partial charge in [-0.15, -0.1) is 0 Å². The molecular formula is C25H44N8O. The second-order valence-corrected chi connectivity index (χ2v) is 9.40. The molecule has 1 aromatic rings. The van der Waals surface area contributed by atoms with E-state index in [4.69, 9.17) is 26.3 Å². The average Bonchev–Trinajstić information content (AvgIpc) is 3.17. The maximum atomic E-state index is 7.94. The molecule has 0 saturated carbocycles. The number of benzene rings is 1. The normalized spacial score (nSPS) is 14.1. The molecule has 0 unspecified atom stereocenters. The van der Waals surface area contributed by atoms with Crippen molar-refractivity contribution in [3.05, 3.63) is 29.8 Å². The van der Waals surface area contributed by atoms with Gasteiger partial charge in [-0.1, -0.05) is 25.7 Å². The predicted octanol–water partition coefficient (Wildman–Crippen LogP) is 2.91. The maximum absolute atomic E-state index is 7.94. The monoisotopic (exact) mass is 472 g/mol. The number of amidine groups is 1. The minimum Gasteiger partial charge on any atom is -0.494 e. The van der Waals surface area contributed by atoms with Crippen molar-refractivity contribution in [1.29, 1.82) is 10.8 Å². The highest BCUT2D eigenvalue weighted by Gasteiger charge is 2.24. The molecule has 2 rings (SSSR count). The van der Waals surface area contributed by atoms with Gasteiger partial charge >= 0.3 is 0 Å². The molecular weight excluding hydrogens is 428 g/mol. The van der Waals surface area contributed by atoms with E-state index in [-0.39, 0.29) is 11.5 Å². The first kappa shape index (κ1) is 27.3. The quantitative estimate of drug-likeness (QED) is 0.112. The molecule has 0 amide bonds. The van der Waals surface area contributed by atoms with Gasteiger partial charge in [-0.3, -0.25) is 15.8 Å². The fourth-order valence-corrected chi connectivity index (χ4v) is 3.64. The smallest absolute Gasteiger partial charge is 0.188 e. The standard InChI is InChI=1S/C25H44N8O/c1-25(2)19-32-22(33-25)20-11-13-21(14-12-20)34-18-10-9-17-31-24(28)30-16-8-6-4-3-5-7-15-29-23(26)27/h11-14H,3-10,15-19H2,1-2H3,(H,32,33)(H4,26,27,29)(H3,28,30,31). The molecule has 1 heterocycles. The van der Waals surface area contributed by atoms with Crippen LogP contribution < -0.4 is 31.7 Å². The number of nitrogens with one attached hydrogen (secondary N) is 6. The van der Waals surface area contributed by atoms with Crippen molar-refractivity contribution >= 4 is 17.8 Å². The first-order valence-electron chi connectivity index (χ1n) is 12.6. The molecule has 1 aromatic carbocycles. The van der Waals surface area contributed by atoms with Crippen molar-refractivity contribution in [3.63, 3.8) is 0 Å². The average molecular weight is 473 g/mol. The summed E-state index contributed by atoms with van der Waals surface area (Å²) in [7, 11) is 0. The summed E-state index contributed by atoms with van der Waals surface area (Å²) in [5.41, 5.74) is 6.29. The van der Waals surface area contributed by atoms with Crippen molar-refractivity contribution in [3.8, 4) is 5.75 Å². The van der Waals surface area contributed by atoms with Gasteiger partial charge in [-0.05, 0) is 63.8 Å². The Morgan fingerprint density at radius 2 is 1.47 bits per heavy atom. The van der Waals surface area contributed by atoms with Crippen molar-refractivity contribution in [2.24, 2.45) is 10.7 Å². The molecule has 1 aliphatic heterocycles. The van der Waals surface area contributed by atoms with Gasteiger partial charge in [-0.25, -0.2) is 0 Å². The lowest BCUT2D eigenvalue weighted by atomic mass is 10.1. The van der Waals surface area contributed by atoms with Crippen LogP contribution in [0.2, 0.25) is 0 Å². The molecule has 0 bridgehead atoms. The highest BCUT2D eigenvalue weighted by Crippen LogP contribution is 2.18. The van der Waals surface area contributed by atoms with Crippen LogP contribution in [0.5, 0.6) is 5.75 Å². The van der Waals surface area contributed by atoms with E-state index in [2.05, 4.69) is 35.1 Å². The Bertz CT molecular complexity index is 776. The van der Waals surface area contributed by atoms with Crippen LogP contribution in [0.25, 0.3) is 0 Å². The second-order valence-electron chi connectivity index (χ2n) is 9.40. The third-order valence-electron chi connectivity index (χ3n) is 5.59. The number of unbranched alkanes of at least 4 members (excludes halogenated alkanes) is 6. The summed E-state index contributed by atoms with van der Waals surface area (Å²) in [6.45, 7) is 8.16. The minimum atomic E-state index is -0.0406. The molecule has 0 saturated heterocycles. The van der Waals surface area contributed by atoms with Gasteiger partial charge in [0.25, 0.3) is 0 Å². The summed E-state index contributed by atoms with van der Waals surface area (Å²) in [5.74, 6) is 2.28. The molecule has 190 valence electrons. The summed E-state index contributed by atoms with van der Waals surface area (Å²) < 4.78 is 5.84. The number of nitrogens with two attached hydrogens (primary N) is 1. The van der Waals surface area contributed by atoms with Crippen molar-refractivity contribution in [2.45, 2.75) is 70.8 Å². The Morgan fingerprint density at radius 3 is 2.03 bits per heavy atom. The predicted molar refractivity (Wildman–Crippen MR) is 141 cm³/mol. The first-order chi connectivity index (χ1) is 16.4. The van der Waals surface area contributed by atoms with Gasteiger partial charge in [0, 0.05) is 31.7 Å². The second kappa shape index (κ2) is 15.0. The van der Waals surface area contributed by atoms with Crippen LogP contribution in [0, 0.1) is 10.8 Å². The molecule has 0 spiro atoms. The lowest BCUT2D eigenvalue weighted by Crippen LogP contribution is -2.37. The van der Waals surface area contributed by atoms with E-state index in [1.807, 2.05) is 24.3 Å². The zero-order valence-electron chi connectivity index (χ0n) is 20.9. The van der Waals surface area contributed by atoms with Crippen LogP contribution in [0.15, 0.2) is 29.3 Å². The molecule has 0 atom stereocenters. The summed E-state index contributed by atoms with van der Waals surface area (Å²) in [6, 6.07) is 8.08. The molecule has 9 heteroatoms. The Balaban J connectivity index is 1.41. The van der Waals surface area contributed by atoms with Gasteiger partial charge in [0.1, 0.15) is 11.6 Å². The third kappa shape index (κ3) is 11.8. The van der Waals surface area contributed by atoms with Crippen LogP contribution in [0.3, 0.4) is 0 Å². The maximum Gasteiger partial charge on any atom is 0.188 e. The summed E-state index contributed by atoms with van der Waals surface area (Å²) in [4.78, 5) is 4.70. The lowest BCUT2D eigenvalue weighted by molar-refractivity contribution is 0.307. The summed E-state index contributed by atoms with van der Waals surface area (Å²) >= 11 is 0. The fourth-order valence-electron chi connectivity index (χ4n) is 3.64. The molecule has 0 aliphatic carbocycles. The lowest BCUT2D eigenvalue weighted by Gasteiger charge is -2.11. The molecule has 9 nitrogen and oxygen atoms in total. The van der Waals surface area contributed by atoms with Crippen molar-refractivity contribution in [2.75, 3.05) is 32.8 Å². The molecule has 0 fully saturated rings. The van der Waals surface area contributed by atoms with Crippen LogP contribution in [0.4, 0.5) is 0 Å². The van der Waals surface area contributed by atoms with Crippen LogP contribution in [0.1, 0.15) is 70.8 Å². The van der Waals surface area contributed by atoms with Crippen LogP contribution in [-0.2, 0) is 0 Å². The zero-order valence-corrected chi connectivity index (χ0v) is 20.9. The number of aliphatic imine (C=N–C) groups is 1. The number of rotatable bonds is 16. The van der Waals surface area contributed by atoms with Gasteiger partial charge in [0.15, 0.2) is 11.9 Å². The Kier molecular flexibility index (Phi) is 12.1. The molecule has 0 aromatic heterocycles. The first-order valence-corrected chi connectivity index (χ1v) is 12.6. The van der Waals surface area contributed by atoms with Crippen LogP contribution >= 0.6 is 0 Å².